The van der Waals surface area contributed by atoms with Crippen LogP contribution in [0.2, 0.25) is 5.02 Å². The fourth-order valence-corrected chi connectivity index (χ4v) is 4.89. The van der Waals surface area contributed by atoms with E-state index in [4.69, 9.17) is 11.6 Å². The number of hydrogen-bond donors (Lipinski definition) is 1. The molecule has 4 rings (SSSR count). The van der Waals surface area contributed by atoms with E-state index in [9.17, 15) is 14.0 Å². The second-order valence-electron chi connectivity index (χ2n) is 8.09. The summed E-state index contributed by atoms with van der Waals surface area (Å²) >= 11 is 7.63. The lowest BCUT2D eigenvalue weighted by Gasteiger charge is -2.30. The van der Waals surface area contributed by atoms with Crippen molar-refractivity contribution in [2.45, 2.75) is 37.2 Å². The highest BCUT2D eigenvalue weighted by Crippen LogP contribution is 2.37. The van der Waals surface area contributed by atoms with Crippen molar-refractivity contribution in [1.29, 1.82) is 0 Å². The molecule has 0 radical (unpaired) electrons. The van der Waals surface area contributed by atoms with Crippen LogP contribution in [0.5, 0.6) is 0 Å². The Balaban J connectivity index is 1.48. The lowest BCUT2D eigenvalue weighted by molar-refractivity contribution is -0.116. The van der Waals surface area contributed by atoms with Crippen LogP contribution in [0.15, 0.2) is 71.6 Å². The molecule has 0 aromatic heterocycles. The summed E-state index contributed by atoms with van der Waals surface area (Å²) in [4.78, 5) is 28.1. The van der Waals surface area contributed by atoms with E-state index in [2.05, 4.69) is 17.4 Å². The molecule has 0 spiro atoms. The highest BCUT2D eigenvalue weighted by atomic mass is 35.5. The van der Waals surface area contributed by atoms with Crippen LogP contribution in [-0.4, -0.2) is 23.6 Å². The molecule has 170 valence electrons. The van der Waals surface area contributed by atoms with Gasteiger partial charge < -0.3 is 10.2 Å². The molecule has 0 fully saturated rings. The first-order valence-corrected chi connectivity index (χ1v) is 12.1. The number of halogens is 2. The smallest absolute Gasteiger partial charge is 0.251 e. The van der Waals surface area contributed by atoms with Crippen LogP contribution in [0.25, 0.3) is 0 Å². The molecule has 2 amide bonds. The molecule has 4 nitrogen and oxygen atoms in total. The van der Waals surface area contributed by atoms with E-state index < -0.39 is 5.82 Å². The number of thioether (sulfide) groups is 1. The van der Waals surface area contributed by atoms with E-state index in [0.29, 0.717) is 22.6 Å². The zero-order valence-electron chi connectivity index (χ0n) is 18.2. The molecule has 3 aromatic carbocycles. The number of aryl methyl sites for hydroxylation is 1. The van der Waals surface area contributed by atoms with E-state index in [-0.39, 0.29) is 29.4 Å². The molecular formula is C26H24ClFN2O2S. The molecular weight excluding hydrogens is 459 g/mol. The molecule has 33 heavy (non-hydrogen) atoms. The van der Waals surface area contributed by atoms with Gasteiger partial charge in [0.1, 0.15) is 5.82 Å². The van der Waals surface area contributed by atoms with Crippen LogP contribution < -0.4 is 10.2 Å². The van der Waals surface area contributed by atoms with Crippen molar-refractivity contribution >= 4 is 40.9 Å². The van der Waals surface area contributed by atoms with Crippen LogP contribution in [0, 0.1) is 5.82 Å². The minimum absolute atomic E-state index is 0.00105. The highest BCUT2D eigenvalue weighted by Gasteiger charge is 2.27. The lowest BCUT2D eigenvalue weighted by atomic mass is 10.1. The molecule has 0 saturated heterocycles. The zero-order valence-corrected chi connectivity index (χ0v) is 19.8. The molecule has 0 saturated carbocycles. The average Bonchev–Trinajstić information content (AvgIpc) is 2.81. The number of rotatable bonds is 7. The summed E-state index contributed by atoms with van der Waals surface area (Å²) in [7, 11) is 0. The maximum atomic E-state index is 13.4. The van der Waals surface area contributed by atoms with Gasteiger partial charge in [-0.2, -0.15) is 0 Å². The predicted molar refractivity (Wildman–Crippen MR) is 131 cm³/mol. The Hall–Kier alpha value is -2.83. The van der Waals surface area contributed by atoms with E-state index in [1.165, 1.54) is 29.5 Å². The standard InChI is InChI=1S/C26H24ClFN2O2S/c1-17(7-8-18-5-3-2-4-6-18)29-26(32)19-10-12-24-23(13-19)30(25(31)16-33-24)15-20-9-11-21(28)14-22(20)27/h2-6,9-14,17H,7-8,15-16H2,1H3,(H,29,32). The normalized spacial score (nSPS) is 14.0. The van der Waals surface area contributed by atoms with Crippen molar-refractivity contribution in [3.05, 3.63) is 94.3 Å². The highest BCUT2D eigenvalue weighted by molar-refractivity contribution is 8.00. The van der Waals surface area contributed by atoms with Crippen LogP contribution in [-0.2, 0) is 17.8 Å². The van der Waals surface area contributed by atoms with Gasteiger partial charge in [-0.25, -0.2) is 4.39 Å². The third-order valence-corrected chi connectivity index (χ3v) is 6.99. The third-order valence-electron chi connectivity index (χ3n) is 5.59. The number of benzene rings is 3. The predicted octanol–water partition coefficient (Wildman–Crippen LogP) is 5.87. The molecule has 0 bridgehead atoms. The maximum Gasteiger partial charge on any atom is 0.251 e. The fraction of sp³-hybridized carbons (Fsp3) is 0.231. The Morgan fingerprint density at radius 2 is 1.94 bits per heavy atom. The molecule has 1 aliphatic heterocycles. The fourth-order valence-electron chi connectivity index (χ4n) is 3.74. The third kappa shape index (κ3) is 5.75. The zero-order chi connectivity index (χ0) is 23.4. The van der Waals surface area contributed by atoms with E-state index in [1.807, 2.05) is 31.2 Å². The summed E-state index contributed by atoms with van der Waals surface area (Å²) in [5, 5.41) is 3.32. The first-order valence-electron chi connectivity index (χ1n) is 10.8. The molecule has 1 N–H and O–H groups in total. The Morgan fingerprint density at radius 1 is 1.15 bits per heavy atom. The molecule has 1 aliphatic rings. The van der Waals surface area contributed by atoms with Gasteiger partial charge in [0, 0.05) is 21.5 Å². The van der Waals surface area contributed by atoms with Crippen LogP contribution in [0.3, 0.4) is 0 Å². The SMILES string of the molecule is CC(CCc1ccccc1)NC(=O)c1ccc2c(c1)N(Cc1ccc(F)cc1Cl)C(=O)CS2. The largest absolute Gasteiger partial charge is 0.350 e. The maximum absolute atomic E-state index is 13.4. The molecule has 1 heterocycles. The Labute approximate surface area is 202 Å². The van der Waals surface area contributed by atoms with E-state index in [1.54, 1.807) is 23.1 Å². The van der Waals surface area contributed by atoms with Crippen molar-refractivity contribution in [1.82, 2.24) is 5.32 Å². The number of fused-ring (bicyclic) bond motifs is 1. The monoisotopic (exact) mass is 482 g/mol. The van der Waals surface area contributed by atoms with Gasteiger partial charge in [-0.3, -0.25) is 9.59 Å². The molecule has 1 atom stereocenters. The second kappa shape index (κ2) is 10.4. The second-order valence-corrected chi connectivity index (χ2v) is 9.51. The van der Waals surface area contributed by atoms with Gasteiger partial charge in [-0.1, -0.05) is 48.0 Å². The summed E-state index contributed by atoms with van der Waals surface area (Å²) in [6.07, 6.45) is 1.70. The number of anilines is 1. The summed E-state index contributed by atoms with van der Waals surface area (Å²) in [5.41, 5.74) is 3.04. The van der Waals surface area contributed by atoms with Crippen LogP contribution >= 0.6 is 23.4 Å². The number of nitrogens with one attached hydrogen (secondary N) is 1. The summed E-state index contributed by atoms with van der Waals surface area (Å²) in [5.74, 6) is -0.388. The average molecular weight is 483 g/mol. The van der Waals surface area contributed by atoms with E-state index >= 15 is 0 Å². The first kappa shape index (κ1) is 23.3. The van der Waals surface area contributed by atoms with E-state index in [0.717, 1.165) is 17.7 Å². The molecule has 0 aliphatic carbocycles. The summed E-state index contributed by atoms with van der Waals surface area (Å²) in [6.45, 7) is 2.20. The van der Waals surface area contributed by atoms with Crippen LogP contribution in [0.1, 0.15) is 34.8 Å². The van der Waals surface area contributed by atoms with Gasteiger partial charge in [0.25, 0.3) is 5.91 Å². The topological polar surface area (TPSA) is 49.4 Å². The Morgan fingerprint density at radius 3 is 2.70 bits per heavy atom. The van der Waals surface area contributed by atoms with Gasteiger partial charge in [0.15, 0.2) is 0 Å². The van der Waals surface area contributed by atoms with Gasteiger partial charge in [-0.15, -0.1) is 11.8 Å². The van der Waals surface area contributed by atoms with Crippen molar-refractivity contribution in [2.75, 3.05) is 10.7 Å². The number of amides is 2. The minimum Gasteiger partial charge on any atom is -0.350 e. The molecule has 7 heteroatoms. The van der Waals surface area contributed by atoms with Gasteiger partial charge in [0.2, 0.25) is 5.91 Å². The Kier molecular flexibility index (Phi) is 7.36. The lowest BCUT2D eigenvalue weighted by Crippen LogP contribution is -2.36. The van der Waals surface area contributed by atoms with Crippen molar-refractivity contribution in [3.63, 3.8) is 0 Å². The summed E-state index contributed by atoms with van der Waals surface area (Å²) < 4.78 is 13.4. The van der Waals surface area contributed by atoms with Crippen LogP contribution in [0.4, 0.5) is 10.1 Å². The molecule has 3 aromatic rings. The van der Waals surface area contributed by atoms with Gasteiger partial charge >= 0.3 is 0 Å². The van der Waals surface area contributed by atoms with Crippen molar-refractivity contribution in [2.24, 2.45) is 0 Å². The van der Waals surface area contributed by atoms with Crippen molar-refractivity contribution in [3.8, 4) is 0 Å². The number of nitrogens with zero attached hydrogens (tertiary/aromatic N) is 1. The quantitative estimate of drug-likeness (QED) is 0.458. The minimum atomic E-state index is -0.426. The van der Waals surface area contributed by atoms with Gasteiger partial charge in [0.05, 0.1) is 18.0 Å². The van der Waals surface area contributed by atoms with Crippen molar-refractivity contribution < 1.29 is 14.0 Å². The number of hydrogen-bond acceptors (Lipinski definition) is 3. The molecule has 1 unspecified atom stereocenters. The Bertz CT molecular complexity index is 1170. The summed E-state index contributed by atoms with van der Waals surface area (Å²) in [6, 6.07) is 19.7. The number of carbonyl (C=O) groups is 2. The number of carbonyl (C=O) groups excluding carboxylic acids is 2. The van der Waals surface area contributed by atoms with Gasteiger partial charge in [-0.05, 0) is 61.2 Å². The first-order chi connectivity index (χ1) is 15.9.